The van der Waals surface area contributed by atoms with Gasteiger partial charge in [0.2, 0.25) is 5.91 Å². The van der Waals surface area contributed by atoms with Crippen molar-refractivity contribution in [2.45, 2.75) is 51.7 Å². The van der Waals surface area contributed by atoms with E-state index < -0.39 is 6.10 Å². The summed E-state index contributed by atoms with van der Waals surface area (Å²) in [5, 5.41) is 12.7. The predicted octanol–water partition coefficient (Wildman–Crippen LogP) is 2.73. The first-order chi connectivity index (χ1) is 9.47. The molecule has 0 fully saturated rings. The van der Waals surface area contributed by atoms with Crippen LogP contribution >= 0.6 is 0 Å². The van der Waals surface area contributed by atoms with Gasteiger partial charge in [0, 0.05) is 0 Å². The maximum absolute atomic E-state index is 13.4. The van der Waals surface area contributed by atoms with E-state index in [1.807, 2.05) is 13.8 Å². The third-order valence-electron chi connectivity index (χ3n) is 3.92. The molecule has 4 heteroatoms. The molecule has 2 N–H and O–H groups in total. The Hall–Kier alpha value is -1.42. The fraction of sp³-hybridized carbons (Fsp3) is 0.562. The molecule has 1 aromatic carbocycles. The normalized spacial score (nSPS) is 19.6. The zero-order valence-electron chi connectivity index (χ0n) is 12.0. The highest BCUT2D eigenvalue weighted by Crippen LogP contribution is 2.30. The van der Waals surface area contributed by atoms with Gasteiger partial charge in [0.25, 0.3) is 0 Å². The second-order valence-electron chi connectivity index (χ2n) is 5.87. The first-order valence-electron chi connectivity index (χ1n) is 7.23. The third-order valence-corrected chi connectivity index (χ3v) is 3.92. The smallest absolute Gasteiger partial charge is 0.223 e. The van der Waals surface area contributed by atoms with Gasteiger partial charge in [-0.3, -0.25) is 4.79 Å². The zero-order valence-corrected chi connectivity index (χ0v) is 12.0. The number of aryl methyl sites for hydroxylation is 1. The molecule has 2 atom stereocenters. The van der Waals surface area contributed by atoms with Crippen LogP contribution in [0.15, 0.2) is 18.2 Å². The first kappa shape index (κ1) is 15.0. The number of aliphatic hydroxyl groups excluding tert-OH is 1. The van der Waals surface area contributed by atoms with Crippen molar-refractivity contribution >= 4 is 5.91 Å². The number of fused-ring (bicyclic) bond motifs is 1. The number of aliphatic hydroxyl groups is 1. The van der Waals surface area contributed by atoms with Crippen LogP contribution in [0.25, 0.3) is 0 Å². The Kier molecular flexibility index (Phi) is 4.76. The van der Waals surface area contributed by atoms with E-state index in [9.17, 15) is 14.3 Å². The number of rotatable bonds is 4. The Morgan fingerprint density at radius 2 is 2.25 bits per heavy atom. The van der Waals surface area contributed by atoms with Crippen molar-refractivity contribution < 1.29 is 14.3 Å². The van der Waals surface area contributed by atoms with Crippen molar-refractivity contribution in [3.05, 3.63) is 35.1 Å². The summed E-state index contributed by atoms with van der Waals surface area (Å²) in [6, 6.07) is 4.64. The Bertz CT molecular complexity index is 487. The Morgan fingerprint density at radius 1 is 1.50 bits per heavy atom. The van der Waals surface area contributed by atoms with Gasteiger partial charge in [-0.05, 0) is 48.4 Å². The number of benzene rings is 1. The van der Waals surface area contributed by atoms with Gasteiger partial charge in [-0.15, -0.1) is 0 Å². The number of carbonyl (C=O) groups is 1. The average Bonchev–Trinajstić information content (AvgIpc) is 2.39. The van der Waals surface area contributed by atoms with Crippen molar-refractivity contribution in [3.8, 4) is 0 Å². The minimum Gasteiger partial charge on any atom is -0.392 e. The highest BCUT2D eigenvalue weighted by Gasteiger charge is 2.23. The van der Waals surface area contributed by atoms with Crippen molar-refractivity contribution in [2.24, 2.45) is 5.92 Å². The molecule has 2 rings (SSSR count). The monoisotopic (exact) mass is 279 g/mol. The van der Waals surface area contributed by atoms with Gasteiger partial charge in [-0.2, -0.15) is 0 Å². The summed E-state index contributed by atoms with van der Waals surface area (Å²) in [6.45, 7) is 3.76. The second-order valence-corrected chi connectivity index (χ2v) is 5.87. The lowest BCUT2D eigenvalue weighted by Crippen LogP contribution is -2.34. The fourth-order valence-electron chi connectivity index (χ4n) is 2.60. The van der Waals surface area contributed by atoms with Crippen LogP contribution < -0.4 is 5.32 Å². The van der Waals surface area contributed by atoms with Gasteiger partial charge in [-0.1, -0.05) is 19.9 Å². The summed E-state index contributed by atoms with van der Waals surface area (Å²) in [6.07, 6.45) is 2.19. The summed E-state index contributed by atoms with van der Waals surface area (Å²) in [5.74, 6) is -0.391. The number of hydrogen-bond donors (Lipinski definition) is 2. The van der Waals surface area contributed by atoms with Gasteiger partial charge in [0.05, 0.1) is 18.6 Å². The van der Waals surface area contributed by atoms with Crippen LogP contribution in [-0.4, -0.2) is 17.1 Å². The maximum Gasteiger partial charge on any atom is 0.223 e. The van der Waals surface area contributed by atoms with E-state index in [1.54, 1.807) is 6.07 Å². The van der Waals surface area contributed by atoms with Crippen LogP contribution in [0.2, 0.25) is 0 Å². The molecule has 0 bridgehead atoms. The number of halogens is 1. The van der Waals surface area contributed by atoms with E-state index in [-0.39, 0.29) is 30.1 Å². The lowest BCUT2D eigenvalue weighted by molar-refractivity contribution is -0.124. The molecule has 0 spiro atoms. The third kappa shape index (κ3) is 3.57. The first-order valence-corrected chi connectivity index (χ1v) is 7.23. The SMILES string of the molecule is CC(C)C(O)CC(=O)NC1CCCc2ccc(F)cc21. The summed E-state index contributed by atoms with van der Waals surface area (Å²) in [7, 11) is 0. The molecular weight excluding hydrogens is 257 g/mol. The second kappa shape index (κ2) is 6.35. The van der Waals surface area contributed by atoms with Gasteiger partial charge >= 0.3 is 0 Å². The van der Waals surface area contributed by atoms with Gasteiger partial charge in [0.1, 0.15) is 5.82 Å². The fourth-order valence-corrected chi connectivity index (χ4v) is 2.60. The zero-order chi connectivity index (χ0) is 14.7. The minimum absolute atomic E-state index is 0.0526. The molecule has 1 aliphatic rings. The molecule has 0 heterocycles. The minimum atomic E-state index is -0.634. The highest BCUT2D eigenvalue weighted by molar-refractivity contribution is 5.77. The van der Waals surface area contributed by atoms with Crippen LogP contribution in [0.3, 0.4) is 0 Å². The van der Waals surface area contributed by atoms with Crippen molar-refractivity contribution in [2.75, 3.05) is 0 Å². The van der Waals surface area contributed by atoms with Gasteiger partial charge in [0.15, 0.2) is 0 Å². The van der Waals surface area contributed by atoms with E-state index in [0.717, 1.165) is 30.4 Å². The molecule has 0 saturated carbocycles. The molecule has 1 amide bonds. The molecule has 3 nitrogen and oxygen atoms in total. The lowest BCUT2D eigenvalue weighted by Gasteiger charge is -2.27. The predicted molar refractivity (Wildman–Crippen MR) is 75.7 cm³/mol. The van der Waals surface area contributed by atoms with Crippen LogP contribution in [-0.2, 0) is 11.2 Å². The van der Waals surface area contributed by atoms with E-state index in [2.05, 4.69) is 5.32 Å². The molecule has 1 aliphatic carbocycles. The van der Waals surface area contributed by atoms with Crippen molar-refractivity contribution in [1.82, 2.24) is 5.32 Å². The molecule has 2 unspecified atom stereocenters. The number of nitrogens with one attached hydrogen (secondary N) is 1. The summed E-state index contributed by atoms with van der Waals surface area (Å²) in [4.78, 5) is 12.0. The molecule has 110 valence electrons. The van der Waals surface area contributed by atoms with Crippen molar-refractivity contribution in [1.29, 1.82) is 0 Å². The number of carbonyl (C=O) groups excluding carboxylic acids is 1. The molecule has 0 aliphatic heterocycles. The maximum atomic E-state index is 13.4. The van der Waals surface area contributed by atoms with Crippen molar-refractivity contribution in [3.63, 3.8) is 0 Å². The van der Waals surface area contributed by atoms with Crippen LogP contribution in [0, 0.1) is 11.7 Å². The Morgan fingerprint density at radius 3 is 2.95 bits per heavy atom. The summed E-state index contributed by atoms with van der Waals surface area (Å²) < 4.78 is 13.4. The van der Waals surface area contributed by atoms with Crippen LogP contribution in [0.5, 0.6) is 0 Å². The highest BCUT2D eigenvalue weighted by atomic mass is 19.1. The summed E-state index contributed by atoms with van der Waals surface area (Å²) in [5.41, 5.74) is 1.98. The molecule has 1 aromatic rings. The quantitative estimate of drug-likeness (QED) is 0.890. The topological polar surface area (TPSA) is 49.3 Å². The van der Waals surface area contributed by atoms with E-state index >= 15 is 0 Å². The van der Waals surface area contributed by atoms with Gasteiger partial charge < -0.3 is 10.4 Å². The molecule has 0 aromatic heterocycles. The molecular formula is C16H22FNO2. The number of amides is 1. The van der Waals surface area contributed by atoms with E-state index in [1.165, 1.54) is 12.1 Å². The van der Waals surface area contributed by atoms with E-state index in [0.29, 0.717) is 0 Å². The van der Waals surface area contributed by atoms with E-state index in [4.69, 9.17) is 0 Å². The Balaban J connectivity index is 2.04. The Labute approximate surface area is 119 Å². The summed E-state index contributed by atoms with van der Waals surface area (Å²) >= 11 is 0. The van der Waals surface area contributed by atoms with Crippen LogP contribution in [0.1, 0.15) is 50.3 Å². The lowest BCUT2D eigenvalue weighted by atomic mass is 9.87. The average molecular weight is 279 g/mol. The molecule has 0 radical (unpaired) electrons. The van der Waals surface area contributed by atoms with Crippen LogP contribution in [0.4, 0.5) is 4.39 Å². The number of hydrogen-bond acceptors (Lipinski definition) is 2. The van der Waals surface area contributed by atoms with Gasteiger partial charge in [-0.25, -0.2) is 4.39 Å². The largest absolute Gasteiger partial charge is 0.392 e. The standard InChI is InChI=1S/C16H22FNO2/c1-10(2)15(19)9-16(20)18-14-5-3-4-11-6-7-12(17)8-13(11)14/h6-8,10,14-15,19H,3-5,9H2,1-2H3,(H,18,20). The molecule has 20 heavy (non-hydrogen) atoms. The molecule has 0 saturated heterocycles.